The fourth-order valence-corrected chi connectivity index (χ4v) is 9.47. The zero-order chi connectivity index (χ0) is 37.7. The highest BCUT2D eigenvalue weighted by Crippen LogP contribution is 2.47. The summed E-state index contributed by atoms with van der Waals surface area (Å²) in [5.74, 6) is 2.47. The Morgan fingerprint density at radius 1 is 0.717 bits per heavy atom. The van der Waals surface area contributed by atoms with E-state index in [0.717, 1.165) is 89.9 Å². The van der Waals surface area contributed by atoms with Crippen LogP contribution in [0.5, 0.6) is 0 Å². The van der Waals surface area contributed by atoms with Crippen molar-refractivity contribution in [1.29, 1.82) is 0 Å². The van der Waals surface area contributed by atoms with Crippen LogP contribution in [0.2, 0.25) is 0 Å². The van der Waals surface area contributed by atoms with Crippen molar-refractivity contribution < 1.29 is 9.59 Å². The molecule has 4 unspecified atom stereocenters. The van der Waals surface area contributed by atoms with Gasteiger partial charge in [-0.1, -0.05) is 77.9 Å². The van der Waals surface area contributed by atoms with E-state index in [9.17, 15) is 9.59 Å². The Balaban J connectivity index is 1.04. The van der Waals surface area contributed by atoms with Crippen molar-refractivity contribution in [2.45, 2.75) is 89.8 Å². The van der Waals surface area contributed by atoms with E-state index < -0.39 is 9.74 Å². The Labute approximate surface area is 323 Å². The summed E-state index contributed by atoms with van der Waals surface area (Å²) in [6.07, 6.45) is 7.48. The summed E-state index contributed by atoms with van der Waals surface area (Å²) in [5.41, 5.74) is 8.60. The highest BCUT2D eigenvalue weighted by Gasteiger charge is 2.48. The lowest BCUT2D eigenvalue weighted by Crippen LogP contribution is -2.46. The molecule has 53 heavy (non-hydrogen) atoms. The maximum atomic E-state index is 13.6. The van der Waals surface area contributed by atoms with Crippen LogP contribution < -0.4 is 0 Å². The van der Waals surface area contributed by atoms with E-state index in [4.69, 9.17) is 22.6 Å². The number of fused-ring (bicyclic) bond motifs is 2. The van der Waals surface area contributed by atoms with Crippen LogP contribution in [-0.4, -0.2) is 60.9 Å². The lowest BCUT2D eigenvalue weighted by atomic mass is 9.96. The van der Waals surface area contributed by atoms with Crippen LogP contribution >= 0.6 is 24.4 Å². The average molecular weight is 751 g/mol. The van der Waals surface area contributed by atoms with E-state index in [1.165, 1.54) is 11.1 Å². The number of nitrogens with zero attached hydrogens (tertiary/aromatic N) is 4. The molecule has 2 fully saturated rings. The number of carbonyl (C=O) groups is 2. The molecule has 7 rings (SSSR count). The molecule has 0 saturated carbocycles. The summed E-state index contributed by atoms with van der Waals surface area (Å²) < 4.78 is 0. The topological polar surface area (TPSA) is 98.0 Å². The van der Waals surface area contributed by atoms with Crippen LogP contribution in [0.15, 0.2) is 60.7 Å². The minimum atomic E-state index is -0.717. The van der Waals surface area contributed by atoms with Crippen molar-refractivity contribution in [1.82, 2.24) is 29.7 Å². The number of imidazole rings is 2. The highest BCUT2D eigenvalue weighted by molar-refractivity contribution is 7.99. The number of aromatic amines is 2. The van der Waals surface area contributed by atoms with E-state index in [2.05, 4.69) is 109 Å². The Morgan fingerprint density at radius 3 is 1.92 bits per heavy atom. The van der Waals surface area contributed by atoms with Crippen LogP contribution in [0, 0.1) is 23.7 Å². The maximum Gasteiger partial charge on any atom is 0.227 e. The molecular formula is C43H54N6O2S2. The number of likely N-dealkylation sites (tertiary alicyclic amines) is 2. The summed E-state index contributed by atoms with van der Waals surface area (Å²) in [7, 11) is 0. The molecule has 2 aliphatic heterocycles. The first-order chi connectivity index (χ1) is 25.3. The number of carbonyl (C=O) groups excluding carboxylic acids is 2. The second-order valence-corrected chi connectivity index (χ2v) is 17.8. The van der Waals surface area contributed by atoms with Gasteiger partial charge < -0.3 is 19.8 Å². The molecule has 280 valence electrons. The number of nitrogens with one attached hydrogen (secondary N) is 2. The number of hydrogen-bond acceptors (Lipinski definition) is 6. The number of thioether (sulfide) groups is 1. The zero-order valence-corrected chi connectivity index (χ0v) is 33.9. The smallest absolute Gasteiger partial charge is 0.227 e. The van der Waals surface area contributed by atoms with Gasteiger partial charge in [-0.3, -0.25) is 9.59 Å². The average Bonchev–Trinajstić information content (AvgIpc) is 3.97. The van der Waals surface area contributed by atoms with Gasteiger partial charge in [-0.15, -0.1) is 24.4 Å². The van der Waals surface area contributed by atoms with Crippen molar-refractivity contribution in [3.63, 3.8) is 0 Å². The lowest BCUT2D eigenvalue weighted by molar-refractivity contribution is -0.139. The number of rotatable bonds is 11. The van der Waals surface area contributed by atoms with Gasteiger partial charge in [0, 0.05) is 24.9 Å². The monoisotopic (exact) mass is 750 g/mol. The van der Waals surface area contributed by atoms with Crippen LogP contribution in [-0.2, 0) is 32.2 Å². The molecule has 0 aliphatic carbocycles. The fourth-order valence-electron chi connectivity index (χ4n) is 7.97. The molecule has 0 spiro atoms. The molecule has 4 atom stereocenters. The van der Waals surface area contributed by atoms with Gasteiger partial charge in [-0.05, 0) is 103 Å². The van der Waals surface area contributed by atoms with Gasteiger partial charge >= 0.3 is 0 Å². The minimum absolute atomic E-state index is 0.0293. The van der Waals surface area contributed by atoms with Gasteiger partial charge in [-0.25, -0.2) is 9.97 Å². The van der Waals surface area contributed by atoms with Crippen molar-refractivity contribution in [3.05, 3.63) is 83.4 Å². The van der Waals surface area contributed by atoms with Crippen molar-refractivity contribution in [2.24, 2.45) is 23.7 Å². The normalized spacial score (nSPS) is 21.8. The summed E-state index contributed by atoms with van der Waals surface area (Å²) in [5, 5.41) is 0. The minimum Gasteiger partial charge on any atom is -0.339 e. The van der Waals surface area contributed by atoms with Crippen LogP contribution in [0.4, 0.5) is 0 Å². The zero-order valence-electron chi connectivity index (χ0n) is 32.2. The number of benzene rings is 3. The molecule has 0 bridgehead atoms. The lowest BCUT2D eigenvalue weighted by Gasteiger charge is -2.37. The summed E-state index contributed by atoms with van der Waals surface area (Å²) in [6, 6.07) is 21.7. The molecule has 5 aromatic rings. The van der Waals surface area contributed by atoms with Crippen LogP contribution in [0.25, 0.3) is 33.2 Å². The first-order valence-electron chi connectivity index (χ1n) is 19.3. The number of aromatic nitrogens is 4. The van der Waals surface area contributed by atoms with Crippen molar-refractivity contribution >= 4 is 58.3 Å². The number of amides is 2. The van der Waals surface area contributed by atoms with Crippen LogP contribution in [0.1, 0.15) is 90.0 Å². The first-order valence-corrected chi connectivity index (χ1v) is 21.0. The largest absolute Gasteiger partial charge is 0.339 e. The Hall–Kier alpha value is -3.76. The summed E-state index contributed by atoms with van der Waals surface area (Å²) >= 11 is 6.80. The van der Waals surface area contributed by atoms with Crippen molar-refractivity contribution in [3.8, 4) is 11.1 Å². The molecule has 2 amide bonds. The highest BCUT2D eigenvalue weighted by atomic mass is 32.2. The first kappa shape index (κ1) is 37.6. The van der Waals surface area contributed by atoms with Crippen molar-refractivity contribution in [2.75, 3.05) is 19.3 Å². The van der Waals surface area contributed by atoms with Gasteiger partial charge in [0.25, 0.3) is 0 Å². The molecule has 0 radical (unpaired) electrons. The molecule has 8 nitrogen and oxygen atoms in total. The Kier molecular flexibility index (Phi) is 10.5. The van der Waals surface area contributed by atoms with E-state index in [0.29, 0.717) is 12.5 Å². The van der Waals surface area contributed by atoms with E-state index in [1.807, 2.05) is 18.7 Å². The number of hydrogen-bond donors (Lipinski definition) is 3. The van der Waals surface area contributed by atoms with E-state index in [-0.39, 0.29) is 29.6 Å². The molecule has 3 aromatic carbocycles. The molecule has 2 N–H and O–H groups in total. The SMILES string of the molecule is CSC1(c2nc3ccc(-c4ccc(CCc5ccc6nc(C7(S)CCCN7C(=O)C(C)C(C)C)[nH]c6c5)cc4)cc3[nH]2)CCCN1C(=O)C(C)C(C)C. The van der Waals surface area contributed by atoms with Crippen LogP contribution in [0.3, 0.4) is 0 Å². The van der Waals surface area contributed by atoms with Gasteiger partial charge in [0.1, 0.15) is 21.4 Å². The molecule has 2 saturated heterocycles. The molecule has 2 aromatic heterocycles. The molecule has 10 heteroatoms. The fraction of sp³-hybridized carbons (Fsp3) is 0.488. The van der Waals surface area contributed by atoms with E-state index in [1.54, 1.807) is 11.8 Å². The van der Waals surface area contributed by atoms with Gasteiger partial charge in [0.05, 0.1) is 22.1 Å². The van der Waals surface area contributed by atoms with Gasteiger partial charge in [0.2, 0.25) is 11.8 Å². The van der Waals surface area contributed by atoms with Gasteiger partial charge in [-0.2, -0.15) is 0 Å². The third kappa shape index (κ3) is 6.90. The molecule has 2 aliphatic rings. The Morgan fingerprint density at radius 2 is 1.25 bits per heavy atom. The van der Waals surface area contributed by atoms with E-state index >= 15 is 0 Å². The number of aryl methyl sites for hydroxylation is 2. The number of H-pyrrole nitrogens is 2. The predicted molar refractivity (Wildman–Crippen MR) is 221 cm³/mol. The summed E-state index contributed by atoms with van der Waals surface area (Å²) in [4.78, 5) is 46.9. The second-order valence-electron chi connectivity index (χ2n) is 16.0. The standard InChI is InChI=1S/C43H54N6O2S2/c1-26(2)28(5)38(50)48-22-8-20-42(48,52)40-44-34-18-14-31(24-36(34)46-40)11-10-30-12-15-32(16-13-30)33-17-19-35-37(25-33)47-41(45-35)43(53-7)21-9-23-49(43)39(51)29(6)27(3)4/h12-19,24-29,52H,8-11,20-23H2,1-7H3,(H,44,46)(H,45,47). The number of thiol groups is 1. The molecule has 4 heterocycles. The van der Waals surface area contributed by atoms with Gasteiger partial charge in [0.15, 0.2) is 0 Å². The third-order valence-electron chi connectivity index (χ3n) is 12.1. The Bertz CT molecular complexity index is 2120. The summed E-state index contributed by atoms with van der Waals surface area (Å²) in [6.45, 7) is 14.0. The molecular weight excluding hydrogens is 697 g/mol. The predicted octanol–water partition coefficient (Wildman–Crippen LogP) is 9.32. The third-order valence-corrected chi connectivity index (χ3v) is 14.1. The maximum absolute atomic E-state index is 13.6. The second kappa shape index (κ2) is 14.8. The quantitative estimate of drug-likeness (QED) is 0.117.